The molecule has 8 heteroatoms. The summed E-state index contributed by atoms with van der Waals surface area (Å²) in [6.45, 7) is 0. The average Bonchev–Trinajstić information content (AvgIpc) is 3.12. The number of nitriles is 1. The van der Waals surface area contributed by atoms with Crippen LogP contribution in [0.25, 0.3) is 0 Å². The summed E-state index contributed by atoms with van der Waals surface area (Å²) in [4.78, 5) is 25.9. The zero-order chi connectivity index (χ0) is 23.5. The number of hydrogen-bond donors (Lipinski definition) is 1. The molecular weight excluding hydrogens is 412 g/mol. The smallest absolute Gasteiger partial charge is 0.336 e. The molecule has 0 fully saturated rings. The summed E-state index contributed by atoms with van der Waals surface area (Å²) in [5, 5.41) is 10.3. The van der Waals surface area contributed by atoms with Crippen LogP contribution < -0.4 is 15.2 Å². The standard InChI is InChI=1S/C24H24N2O6/c1-29-16-9-5-14(6-10-16)18-19(22(27)31-3)21(26)24(13-25,23(28)32-4)20(18)15-7-11-17(30-2)12-8-15/h5-12,18,20H,26H2,1-4H3/t18-,20+,24-/m1/s1. The van der Waals surface area contributed by atoms with Gasteiger partial charge >= 0.3 is 11.9 Å². The van der Waals surface area contributed by atoms with Gasteiger partial charge in [-0.1, -0.05) is 24.3 Å². The summed E-state index contributed by atoms with van der Waals surface area (Å²) < 4.78 is 20.5. The zero-order valence-corrected chi connectivity index (χ0v) is 18.2. The number of methoxy groups -OCH3 is 4. The van der Waals surface area contributed by atoms with Gasteiger partial charge in [0.15, 0.2) is 0 Å². The minimum absolute atomic E-state index is 0.0467. The molecule has 8 nitrogen and oxygen atoms in total. The number of nitrogens with zero attached hydrogens (tertiary/aromatic N) is 1. The Morgan fingerprint density at radius 3 is 1.78 bits per heavy atom. The summed E-state index contributed by atoms with van der Waals surface area (Å²) >= 11 is 0. The number of hydrogen-bond acceptors (Lipinski definition) is 8. The molecule has 2 aromatic carbocycles. The minimum Gasteiger partial charge on any atom is -0.497 e. The fourth-order valence-electron chi connectivity index (χ4n) is 4.31. The third kappa shape index (κ3) is 3.42. The van der Waals surface area contributed by atoms with Crippen molar-refractivity contribution in [2.24, 2.45) is 11.1 Å². The Bertz CT molecular complexity index is 1080. The molecule has 1 aliphatic rings. The van der Waals surface area contributed by atoms with Gasteiger partial charge in [-0.15, -0.1) is 0 Å². The fourth-order valence-corrected chi connectivity index (χ4v) is 4.31. The molecule has 3 atom stereocenters. The van der Waals surface area contributed by atoms with E-state index in [0.29, 0.717) is 22.6 Å². The number of rotatable bonds is 6. The van der Waals surface area contributed by atoms with Gasteiger partial charge in [-0.2, -0.15) is 5.26 Å². The number of esters is 2. The van der Waals surface area contributed by atoms with Crippen LogP contribution in [-0.2, 0) is 19.1 Å². The van der Waals surface area contributed by atoms with Gasteiger partial charge in [0.25, 0.3) is 0 Å². The first-order chi connectivity index (χ1) is 15.4. The summed E-state index contributed by atoms with van der Waals surface area (Å²) in [6.07, 6.45) is 0. The van der Waals surface area contributed by atoms with Crippen molar-refractivity contribution in [3.05, 3.63) is 70.9 Å². The van der Waals surface area contributed by atoms with Gasteiger partial charge in [0.2, 0.25) is 5.41 Å². The van der Waals surface area contributed by atoms with Crippen LogP contribution in [0.4, 0.5) is 0 Å². The lowest BCUT2D eigenvalue weighted by molar-refractivity contribution is -0.148. The molecule has 0 aliphatic heterocycles. The molecule has 0 bridgehead atoms. The Hall–Kier alpha value is -3.99. The van der Waals surface area contributed by atoms with Gasteiger partial charge in [0.05, 0.1) is 45.8 Å². The lowest BCUT2D eigenvalue weighted by Crippen LogP contribution is -2.39. The first-order valence-corrected chi connectivity index (χ1v) is 9.75. The fraction of sp³-hybridized carbons (Fsp3) is 0.292. The van der Waals surface area contributed by atoms with E-state index in [-0.39, 0.29) is 11.3 Å². The van der Waals surface area contributed by atoms with Crippen molar-refractivity contribution in [1.29, 1.82) is 5.26 Å². The van der Waals surface area contributed by atoms with Crippen molar-refractivity contribution in [2.75, 3.05) is 28.4 Å². The molecule has 32 heavy (non-hydrogen) atoms. The molecule has 0 aromatic heterocycles. The molecule has 166 valence electrons. The third-order valence-corrected chi connectivity index (χ3v) is 5.86. The molecule has 1 aliphatic carbocycles. The maximum absolute atomic E-state index is 13.1. The van der Waals surface area contributed by atoms with E-state index in [1.165, 1.54) is 21.3 Å². The van der Waals surface area contributed by atoms with E-state index in [2.05, 4.69) is 6.07 Å². The van der Waals surface area contributed by atoms with E-state index in [9.17, 15) is 14.9 Å². The van der Waals surface area contributed by atoms with Gasteiger partial charge in [-0.3, -0.25) is 0 Å². The van der Waals surface area contributed by atoms with Crippen LogP contribution in [-0.4, -0.2) is 40.4 Å². The Morgan fingerprint density at radius 1 is 0.875 bits per heavy atom. The molecule has 0 saturated heterocycles. The number of ether oxygens (including phenoxy) is 4. The number of benzene rings is 2. The molecule has 0 spiro atoms. The van der Waals surface area contributed by atoms with Gasteiger partial charge in [0.1, 0.15) is 11.5 Å². The highest BCUT2D eigenvalue weighted by Crippen LogP contribution is 2.59. The molecule has 0 heterocycles. The van der Waals surface area contributed by atoms with Crippen molar-refractivity contribution < 1.29 is 28.5 Å². The zero-order valence-electron chi connectivity index (χ0n) is 18.2. The van der Waals surface area contributed by atoms with Crippen LogP contribution in [0.5, 0.6) is 11.5 Å². The van der Waals surface area contributed by atoms with E-state index in [1.54, 1.807) is 55.6 Å². The lowest BCUT2D eigenvalue weighted by atomic mass is 9.69. The molecule has 2 aromatic rings. The van der Waals surface area contributed by atoms with Gasteiger partial charge in [-0.25, -0.2) is 9.59 Å². The summed E-state index contributed by atoms with van der Waals surface area (Å²) in [6, 6.07) is 16.0. The predicted molar refractivity (Wildman–Crippen MR) is 115 cm³/mol. The quantitative estimate of drug-likeness (QED) is 0.686. The van der Waals surface area contributed by atoms with Crippen LogP contribution in [0.1, 0.15) is 23.0 Å². The maximum atomic E-state index is 13.1. The van der Waals surface area contributed by atoms with Gasteiger partial charge in [-0.05, 0) is 35.4 Å². The highest BCUT2D eigenvalue weighted by molar-refractivity contribution is 5.98. The minimum atomic E-state index is -1.93. The second-order valence-corrected chi connectivity index (χ2v) is 7.23. The topological polar surface area (TPSA) is 121 Å². The largest absolute Gasteiger partial charge is 0.497 e. The SMILES string of the molecule is COC(=O)C1=C(N)[C@](C#N)(C(=O)OC)[C@@H](c2ccc(OC)cc2)[C@@H]1c1ccc(OC)cc1. The summed E-state index contributed by atoms with van der Waals surface area (Å²) in [5.74, 6) is -1.96. The first kappa shape index (κ1) is 22.7. The third-order valence-electron chi connectivity index (χ3n) is 5.86. The van der Waals surface area contributed by atoms with Crippen LogP contribution in [0.2, 0.25) is 0 Å². The molecular formula is C24H24N2O6. The normalized spacial score (nSPS) is 22.1. The van der Waals surface area contributed by atoms with Crippen molar-refractivity contribution in [3.8, 4) is 17.6 Å². The summed E-state index contributed by atoms with van der Waals surface area (Å²) in [7, 11) is 5.48. The van der Waals surface area contributed by atoms with Crippen molar-refractivity contribution in [3.63, 3.8) is 0 Å². The highest BCUT2D eigenvalue weighted by Gasteiger charge is 2.62. The Kier molecular flexibility index (Phi) is 6.40. The average molecular weight is 436 g/mol. The Labute approximate surface area is 186 Å². The number of nitrogens with two attached hydrogens (primary N) is 1. The molecule has 3 rings (SSSR count). The highest BCUT2D eigenvalue weighted by atomic mass is 16.5. The second kappa shape index (κ2) is 9.02. The number of carbonyl (C=O) groups is 2. The van der Waals surface area contributed by atoms with E-state index in [0.717, 1.165) is 0 Å². The lowest BCUT2D eigenvalue weighted by Gasteiger charge is -2.31. The van der Waals surface area contributed by atoms with E-state index in [4.69, 9.17) is 24.7 Å². The summed E-state index contributed by atoms with van der Waals surface area (Å²) in [5.41, 5.74) is 5.60. The van der Waals surface area contributed by atoms with Gasteiger partial charge < -0.3 is 24.7 Å². The molecule has 2 N–H and O–H groups in total. The van der Waals surface area contributed by atoms with Crippen LogP contribution in [0.3, 0.4) is 0 Å². The molecule has 0 saturated carbocycles. The van der Waals surface area contributed by atoms with Crippen LogP contribution in [0, 0.1) is 16.7 Å². The Balaban J connectivity index is 2.34. The molecule has 0 amide bonds. The van der Waals surface area contributed by atoms with Gasteiger partial charge in [0, 0.05) is 11.8 Å². The number of carbonyl (C=O) groups excluding carboxylic acids is 2. The molecule has 0 unspecified atom stereocenters. The van der Waals surface area contributed by atoms with E-state index >= 15 is 0 Å². The van der Waals surface area contributed by atoms with Crippen molar-refractivity contribution in [2.45, 2.75) is 11.8 Å². The maximum Gasteiger partial charge on any atom is 0.336 e. The monoisotopic (exact) mass is 436 g/mol. The van der Waals surface area contributed by atoms with Crippen molar-refractivity contribution >= 4 is 11.9 Å². The van der Waals surface area contributed by atoms with Crippen molar-refractivity contribution in [1.82, 2.24) is 0 Å². The van der Waals surface area contributed by atoms with Crippen LogP contribution >= 0.6 is 0 Å². The predicted octanol–water partition coefficient (Wildman–Crippen LogP) is 2.65. The Morgan fingerprint density at radius 2 is 1.38 bits per heavy atom. The van der Waals surface area contributed by atoms with E-state index < -0.39 is 29.2 Å². The first-order valence-electron chi connectivity index (χ1n) is 9.75. The second-order valence-electron chi connectivity index (χ2n) is 7.23. The molecule has 0 radical (unpaired) electrons. The van der Waals surface area contributed by atoms with E-state index in [1.807, 2.05) is 0 Å². The van der Waals surface area contributed by atoms with Crippen LogP contribution in [0.15, 0.2) is 59.8 Å².